The number of hydrogen-bond acceptors (Lipinski definition) is 6. The summed E-state index contributed by atoms with van der Waals surface area (Å²) in [5.74, 6) is -0.130. The number of rotatable bonds is 5. The van der Waals surface area contributed by atoms with E-state index in [4.69, 9.17) is 9.47 Å². The summed E-state index contributed by atoms with van der Waals surface area (Å²) in [4.78, 5) is 46.3. The standard InChI is InChI=1S/C27H36N4O5/c1-6-7-25(32)29-21-8-9-22-23(14-21)36-17-19(3)31(26(33)20-10-12-28-13-11-20)15-18(2)24(35-5)16-30(4)27(22)34/h8-14,18-19,24H,6-7,15-17H2,1-5H3,(H,29,32)/t18-,19-,24-/m1/s1. The fourth-order valence-electron chi connectivity index (χ4n) is 4.24. The van der Waals surface area contributed by atoms with E-state index in [0.717, 1.165) is 6.42 Å². The Kier molecular flexibility index (Phi) is 9.41. The largest absolute Gasteiger partial charge is 0.491 e. The van der Waals surface area contributed by atoms with Crippen molar-refractivity contribution in [3.63, 3.8) is 0 Å². The third-order valence-electron chi connectivity index (χ3n) is 6.40. The summed E-state index contributed by atoms with van der Waals surface area (Å²) in [6, 6.07) is 8.11. The Balaban J connectivity index is 1.97. The van der Waals surface area contributed by atoms with Crippen LogP contribution < -0.4 is 10.1 Å². The number of carbonyl (C=O) groups excluding carboxylic acids is 3. The molecule has 36 heavy (non-hydrogen) atoms. The summed E-state index contributed by atoms with van der Waals surface area (Å²) < 4.78 is 11.9. The average molecular weight is 497 g/mol. The zero-order valence-electron chi connectivity index (χ0n) is 21.7. The number of methoxy groups -OCH3 is 1. The predicted octanol–water partition coefficient (Wildman–Crippen LogP) is 3.47. The molecule has 0 fully saturated rings. The quantitative estimate of drug-likeness (QED) is 0.680. The molecule has 3 amide bonds. The van der Waals surface area contributed by atoms with Crippen molar-refractivity contribution in [1.82, 2.24) is 14.8 Å². The summed E-state index contributed by atoms with van der Waals surface area (Å²) in [5.41, 5.74) is 1.47. The van der Waals surface area contributed by atoms with E-state index in [-0.39, 0.29) is 42.4 Å². The van der Waals surface area contributed by atoms with Crippen LogP contribution in [-0.2, 0) is 9.53 Å². The van der Waals surface area contributed by atoms with Crippen LogP contribution in [0, 0.1) is 5.92 Å². The van der Waals surface area contributed by atoms with Gasteiger partial charge in [0.25, 0.3) is 11.8 Å². The number of fused-ring (bicyclic) bond motifs is 1. The molecule has 2 aromatic rings. The van der Waals surface area contributed by atoms with Crippen molar-refractivity contribution in [2.75, 3.05) is 39.2 Å². The van der Waals surface area contributed by atoms with Gasteiger partial charge in [0.05, 0.1) is 17.7 Å². The van der Waals surface area contributed by atoms with Crippen LogP contribution in [0.4, 0.5) is 5.69 Å². The minimum Gasteiger partial charge on any atom is -0.491 e. The number of likely N-dealkylation sites (N-methyl/N-ethyl adjacent to an activating group) is 1. The number of aromatic nitrogens is 1. The number of nitrogens with one attached hydrogen (secondary N) is 1. The summed E-state index contributed by atoms with van der Waals surface area (Å²) in [5, 5.41) is 2.85. The number of benzene rings is 1. The van der Waals surface area contributed by atoms with Gasteiger partial charge in [0.1, 0.15) is 12.4 Å². The van der Waals surface area contributed by atoms with Crippen LogP contribution in [0.3, 0.4) is 0 Å². The lowest BCUT2D eigenvalue weighted by Crippen LogP contribution is -2.48. The number of nitrogens with zero attached hydrogens (tertiary/aromatic N) is 3. The van der Waals surface area contributed by atoms with E-state index in [1.165, 1.54) is 0 Å². The highest BCUT2D eigenvalue weighted by molar-refractivity contribution is 5.98. The highest BCUT2D eigenvalue weighted by Gasteiger charge is 2.30. The van der Waals surface area contributed by atoms with Crippen molar-refractivity contribution in [3.05, 3.63) is 53.9 Å². The van der Waals surface area contributed by atoms with Gasteiger partial charge in [0, 0.05) is 69.3 Å². The highest BCUT2D eigenvalue weighted by atomic mass is 16.5. The molecule has 0 saturated carbocycles. The number of anilines is 1. The van der Waals surface area contributed by atoms with Crippen molar-refractivity contribution in [1.29, 1.82) is 0 Å². The number of hydrogen-bond donors (Lipinski definition) is 1. The second-order valence-corrected chi connectivity index (χ2v) is 9.30. The molecule has 9 heteroatoms. The Hall–Kier alpha value is -3.46. The highest BCUT2D eigenvalue weighted by Crippen LogP contribution is 2.27. The fraction of sp³-hybridized carbons (Fsp3) is 0.481. The molecule has 0 spiro atoms. The minimum absolute atomic E-state index is 0.0476. The molecule has 1 aliphatic heterocycles. The maximum atomic E-state index is 13.5. The van der Waals surface area contributed by atoms with Gasteiger partial charge in [-0.2, -0.15) is 0 Å². The number of pyridine rings is 1. The van der Waals surface area contributed by atoms with E-state index in [1.807, 2.05) is 20.8 Å². The monoisotopic (exact) mass is 496 g/mol. The van der Waals surface area contributed by atoms with Crippen molar-refractivity contribution in [2.24, 2.45) is 5.92 Å². The normalized spacial score (nSPS) is 21.0. The third kappa shape index (κ3) is 6.60. The molecule has 0 radical (unpaired) electrons. The van der Waals surface area contributed by atoms with Gasteiger partial charge in [-0.15, -0.1) is 0 Å². The van der Waals surface area contributed by atoms with Gasteiger partial charge in [0.15, 0.2) is 0 Å². The molecular formula is C27H36N4O5. The molecule has 0 unspecified atom stereocenters. The van der Waals surface area contributed by atoms with E-state index in [0.29, 0.717) is 42.1 Å². The first-order valence-electron chi connectivity index (χ1n) is 12.3. The second kappa shape index (κ2) is 12.5. The summed E-state index contributed by atoms with van der Waals surface area (Å²) in [7, 11) is 3.34. The minimum atomic E-state index is -0.302. The van der Waals surface area contributed by atoms with E-state index >= 15 is 0 Å². The molecule has 2 heterocycles. The maximum absolute atomic E-state index is 13.5. The molecule has 0 saturated heterocycles. The van der Waals surface area contributed by atoms with E-state index in [9.17, 15) is 14.4 Å². The first kappa shape index (κ1) is 27.1. The molecular weight excluding hydrogens is 460 g/mol. The van der Waals surface area contributed by atoms with Crippen LogP contribution in [-0.4, -0.2) is 78.5 Å². The maximum Gasteiger partial charge on any atom is 0.257 e. The van der Waals surface area contributed by atoms with Crippen molar-refractivity contribution >= 4 is 23.4 Å². The van der Waals surface area contributed by atoms with Gasteiger partial charge in [0.2, 0.25) is 5.91 Å². The smallest absolute Gasteiger partial charge is 0.257 e. The first-order valence-corrected chi connectivity index (χ1v) is 12.3. The molecule has 1 aliphatic rings. The number of ether oxygens (including phenoxy) is 2. The van der Waals surface area contributed by atoms with Gasteiger partial charge < -0.3 is 24.6 Å². The van der Waals surface area contributed by atoms with Gasteiger partial charge in [-0.1, -0.05) is 13.8 Å². The van der Waals surface area contributed by atoms with Crippen molar-refractivity contribution < 1.29 is 23.9 Å². The molecule has 3 atom stereocenters. The average Bonchev–Trinajstić information content (AvgIpc) is 2.88. The Morgan fingerprint density at radius 3 is 2.56 bits per heavy atom. The van der Waals surface area contributed by atoms with Gasteiger partial charge in [-0.25, -0.2) is 0 Å². The number of carbonyl (C=O) groups is 3. The molecule has 1 aromatic heterocycles. The van der Waals surface area contributed by atoms with Crippen LogP contribution >= 0.6 is 0 Å². The van der Waals surface area contributed by atoms with Crippen LogP contribution in [0.25, 0.3) is 0 Å². The van der Waals surface area contributed by atoms with E-state index in [2.05, 4.69) is 10.3 Å². The van der Waals surface area contributed by atoms with Gasteiger partial charge >= 0.3 is 0 Å². The Morgan fingerprint density at radius 1 is 1.17 bits per heavy atom. The van der Waals surface area contributed by atoms with Crippen molar-refractivity contribution in [2.45, 2.75) is 45.8 Å². The van der Waals surface area contributed by atoms with Crippen LogP contribution in [0.1, 0.15) is 54.3 Å². The summed E-state index contributed by atoms with van der Waals surface area (Å²) in [6.45, 7) is 6.79. The summed E-state index contributed by atoms with van der Waals surface area (Å²) in [6.07, 6.45) is 4.04. The topological polar surface area (TPSA) is 101 Å². The lowest BCUT2D eigenvalue weighted by Gasteiger charge is -2.36. The van der Waals surface area contributed by atoms with Gasteiger partial charge in [-0.05, 0) is 37.6 Å². The Labute approximate surface area is 212 Å². The van der Waals surface area contributed by atoms with Crippen molar-refractivity contribution in [3.8, 4) is 5.75 Å². The molecule has 0 aliphatic carbocycles. The van der Waals surface area contributed by atoms with E-state index < -0.39 is 0 Å². The van der Waals surface area contributed by atoms with E-state index in [1.54, 1.807) is 66.7 Å². The fourth-order valence-corrected chi connectivity index (χ4v) is 4.24. The lowest BCUT2D eigenvalue weighted by atomic mass is 10.0. The molecule has 0 bridgehead atoms. The Bertz CT molecular complexity index is 1060. The molecule has 3 rings (SSSR count). The van der Waals surface area contributed by atoms with Gasteiger partial charge in [-0.3, -0.25) is 19.4 Å². The second-order valence-electron chi connectivity index (χ2n) is 9.30. The molecule has 1 N–H and O–H groups in total. The summed E-state index contributed by atoms with van der Waals surface area (Å²) >= 11 is 0. The van der Waals surface area contributed by atoms with Crippen LogP contribution in [0.15, 0.2) is 42.7 Å². The van der Waals surface area contributed by atoms with Crippen LogP contribution in [0.2, 0.25) is 0 Å². The first-order chi connectivity index (χ1) is 17.2. The third-order valence-corrected chi connectivity index (χ3v) is 6.40. The predicted molar refractivity (Wildman–Crippen MR) is 137 cm³/mol. The molecule has 194 valence electrons. The molecule has 9 nitrogen and oxygen atoms in total. The zero-order chi connectivity index (χ0) is 26.2. The zero-order valence-corrected chi connectivity index (χ0v) is 21.7. The lowest BCUT2D eigenvalue weighted by molar-refractivity contribution is -0.116. The molecule has 1 aromatic carbocycles. The Morgan fingerprint density at radius 2 is 1.89 bits per heavy atom. The van der Waals surface area contributed by atoms with Crippen LogP contribution in [0.5, 0.6) is 5.75 Å². The SMILES string of the molecule is CCCC(=O)Nc1ccc2c(c1)OC[C@@H](C)N(C(=O)c1ccncc1)C[C@@H](C)[C@H](OC)CN(C)C2=O. The number of amides is 3.